The number of nitrogens with two attached hydrogens (primary N) is 2. The van der Waals surface area contributed by atoms with E-state index in [1.165, 1.54) is 50.2 Å². The molecule has 0 aliphatic rings. The highest BCUT2D eigenvalue weighted by molar-refractivity contribution is 7.55. The van der Waals surface area contributed by atoms with Crippen molar-refractivity contribution < 1.29 is 42.3 Å². The van der Waals surface area contributed by atoms with Gasteiger partial charge in [0.25, 0.3) is 0 Å². The van der Waals surface area contributed by atoms with Crippen molar-refractivity contribution in [3.63, 3.8) is 0 Å². The fraction of sp³-hybridized carbons (Fsp3) is 0.343. The van der Waals surface area contributed by atoms with E-state index in [1.54, 1.807) is 77.9 Å². The van der Waals surface area contributed by atoms with Crippen molar-refractivity contribution in [2.24, 2.45) is 16.5 Å². The van der Waals surface area contributed by atoms with E-state index in [0.717, 1.165) is 4.90 Å². The van der Waals surface area contributed by atoms with Crippen molar-refractivity contribution in [3.05, 3.63) is 78.4 Å². The first-order valence-corrected chi connectivity index (χ1v) is 17.4. The van der Waals surface area contributed by atoms with E-state index >= 15 is 0 Å². The van der Waals surface area contributed by atoms with E-state index in [-0.39, 0.29) is 35.4 Å². The van der Waals surface area contributed by atoms with Gasteiger partial charge >= 0.3 is 19.8 Å². The lowest BCUT2D eigenvalue weighted by Gasteiger charge is -2.27. The second-order valence-corrected chi connectivity index (χ2v) is 15.4. The minimum Gasteiger partial charge on any atom is -0.443 e. The number of benzene rings is 3. The monoisotopic (exact) mass is 724 g/mol. The Kier molecular flexibility index (Phi) is 13.0. The summed E-state index contributed by atoms with van der Waals surface area (Å²) in [4.78, 5) is 53.2. The Labute approximate surface area is 297 Å². The Morgan fingerprint density at radius 2 is 1.18 bits per heavy atom. The Morgan fingerprint density at radius 1 is 0.745 bits per heavy atom. The summed E-state index contributed by atoms with van der Waals surface area (Å²) >= 11 is 0. The normalized spacial score (nSPS) is 12.6. The Hall–Kier alpha value is -5.40. The number of anilines is 3. The van der Waals surface area contributed by atoms with Gasteiger partial charge in [-0.25, -0.2) is 19.1 Å². The third-order valence-corrected chi connectivity index (χ3v) is 8.19. The number of nitrogens with zero attached hydrogens (tertiary/aromatic N) is 2. The zero-order chi connectivity index (χ0) is 38.1. The van der Waals surface area contributed by atoms with Gasteiger partial charge in [0.15, 0.2) is 0 Å². The Morgan fingerprint density at radius 3 is 1.57 bits per heavy atom. The Balaban J connectivity index is 1.92. The summed E-state index contributed by atoms with van der Waals surface area (Å²) in [5.41, 5.74) is 12.7. The number of hydrogen-bond donors (Lipinski definition) is 4. The number of carbonyl (C=O) groups excluding carboxylic acids is 4. The van der Waals surface area contributed by atoms with Crippen LogP contribution in [-0.2, 0) is 30.0 Å². The molecule has 1 unspecified atom stereocenters. The van der Waals surface area contributed by atoms with Crippen molar-refractivity contribution >= 4 is 54.6 Å². The van der Waals surface area contributed by atoms with Crippen LogP contribution in [0.2, 0.25) is 0 Å². The van der Waals surface area contributed by atoms with E-state index in [4.69, 9.17) is 30.0 Å². The van der Waals surface area contributed by atoms with Gasteiger partial charge in [-0.05, 0) is 108 Å². The molecule has 0 spiro atoms. The summed E-state index contributed by atoms with van der Waals surface area (Å²) in [7, 11) is -4.20. The second kappa shape index (κ2) is 16.5. The molecule has 274 valence electrons. The molecule has 51 heavy (non-hydrogen) atoms. The summed E-state index contributed by atoms with van der Waals surface area (Å²) in [6, 6.07) is 18.6. The molecule has 0 bridgehead atoms. The van der Waals surface area contributed by atoms with Crippen molar-refractivity contribution in [1.29, 1.82) is 0 Å². The van der Waals surface area contributed by atoms with Crippen LogP contribution in [0.5, 0.6) is 11.5 Å². The third-order valence-electron chi connectivity index (χ3n) is 6.26. The second-order valence-electron chi connectivity index (χ2n) is 13.3. The van der Waals surface area contributed by atoms with Crippen LogP contribution >= 0.6 is 7.60 Å². The number of amides is 4. The maximum atomic E-state index is 14.4. The first-order chi connectivity index (χ1) is 23.6. The van der Waals surface area contributed by atoms with Crippen molar-refractivity contribution in [3.8, 4) is 11.5 Å². The molecule has 0 heterocycles. The highest BCUT2D eigenvalue weighted by Gasteiger charge is 2.37. The van der Waals surface area contributed by atoms with E-state index in [1.807, 2.05) is 0 Å². The molecule has 0 saturated heterocycles. The molecule has 16 heteroatoms. The smallest absolute Gasteiger partial charge is 0.443 e. The minimum absolute atomic E-state index is 0.0145. The van der Waals surface area contributed by atoms with Crippen LogP contribution in [0.4, 0.5) is 26.7 Å². The average molecular weight is 725 g/mol. The molecule has 4 amide bonds. The molecule has 0 aromatic heterocycles. The fourth-order valence-electron chi connectivity index (χ4n) is 4.25. The molecular weight excluding hydrogens is 679 g/mol. The molecule has 6 N–H and O–H groups in total. The van der Waals surface area contributed by atoms with E-state index in [0.29, 0.717) is 16.9 Å². The van der Waals surface area contributed by atoms with Gasteiger partial charge in [-0.1, -0.05) is 12.1 Å². The zero-order valence-electron chi connectivity index (χ0n) is 29.9. The van der Waals surface area contributed by atoms with Crippen LogP contribution in [0.25, 0.3) is 0 Å². The molecule has 0 aliphatic carbocycles. The predicted molar refractivity (Wildman–Crippen MR) is 195 cm³/mol. The van der Waals surface area contributed by atoms with Gasteiger partial charge < -0.3 is 40.6 Å². The average Bonchev–Trinajstić information content (AvgIpc) is 2.97. The highest BCUT2D eigenvalue weighted by Crippen LogP contribution is 2.52. The van der Waals surface area contributed by atoms with E-state index < -0.39 is 42.7 Å². The molecule has 0 saturated carbocycles. The van der Waals surface area contributed by atoms with Gasteiger partial charge in [0.2, 0.25) is 17.8 Å². The quantitative estimate of drug-likeness (QED) is 0.0972. The lowest BCUT2D eigenvalue weighted by Crippen LogP contribution is -2.45. The van der Waals surface area contributed by atoms with Crippen LogP contribution in [0.1, 0.15) is 61.0 Å². The SMILES string of the molecule is CC(=O)Nc1ccc(OP(=O)(Oc2ccc(NC(C)=O)cc2)C(N)Cc2ccc(N(C(=O)OC(C)(C)C)C(N)=NC(=O)OC(C)(C)C)cc2)cc1. The number of guanidine groups is 1. The number of carbonyl (C=O) groups is 4. The van der Waals surface area contributed by atoms with Crippen molar-refractivity contribution in [2.75, 3.05) is 15.5 Å². The summed E-state index contributed by atoms with van der Waals surface area (Å²) in [6.07, 6.45) is -1.90. The number of rotatable bonds is 10. The number of nitrogens with one attached hydrogen (secondary N) is 2. The maximum absolute atomic E-state index is 14.4. The molecule has 3 aromatic carbocycles. The molecule has 3 aromatic rings. The fourth-order valence-corrected chi connectivity index (χ4v) is 5.83. The van der Waals surface area contributed by atoms with Crippen LogP contribution in [0, 0.1) is 0 Å². The molecule has 1 atom stereocenters. The number of ether oxygens (including phenoxy) is 2. The van der Waals surface area contributed by atoms with Gasteiger partial charge in [0.05, 0.1) is 5.69 Å². The molecule has 0 radical (unpaired) electrons. The van der Waals surface area contributed by atoms with Crippen LogP contribution in [0.15, 0.2) is 77.8 Å². The van der Waals surface area contributed by atoms with Crippen LogP contribution in [-0.4, -0.2) is 46.9 Å². The first-order valence-electron chi connectivity index (χ1n) is 15.8. The number of aliphatic imine (C=N–C) groups is 1. The third kappa shape index (κ3) is 13.1. The topological polar surface area (TPSA) is 214 Å². The molecular formula is C35H45N6O9P. The van der Waals surface area contributed by atoms with E-state index in [9.17, 15) is 23.7 Å². The van der Waals surface area contributed by atoms with E-state index in [2.05, 4.69) is 15.6 Å². The lowest BCUT2D eigenvalue weighted by molar-refractivity contribution is -0.115. The summed E-state index contributed by atoms with van der Waals surface area (Å²) < 4.78 is 37.0. The lowest BCUT2D eigenvalue weighted by atomic mass is 10.1. The van der Waals surface area contributed by atoms with Crippen molar-refractivity contribution in [1.82, 2.24) is 0 Å². The Bertz CT molecular complexity index is 1720. The number of hydrogen-bond acceptors (Lipinski definition) is 10. The zero-order valence-corrected chi connectivity index (χ0v) is 30.8. The molecule has 3 rings (SSSR count). The summed E-state index contributed by atoms with van der Waals surface area (Å²) in [5, 5.41) is 5.29. The van der Waals surface area contributed by atoms with Gasteiger partial charge in [-0.2, -0.15) is 0 Å². The minimum atomic E-state index is -4.20. The maximum Gasteiger partial charge on any atom is 0.447 e. The standard InChI is InChI=1S/C35H45N6O9P/c1-22(42)38-25-11-17-28(18-12-25)49-51(46,50-29-19-13-26(14-20-29)39-23(2)43)30(36)21-24-9-15-27(16-10-24)41(33(45)48-35(6,7)8)31(37)40-32(44)47-34(3,4)5/h9-20,30H,21,36H2,1-8H3,(H,38,42)(H,39,43)(H2,37,40,44). The summed E-state index contributed by atoms with van der Waals surface area (Å²) in [6.45, 7) is 12.7. The molecule has 0 aliphatic heterocycles. The van der Waals surface area contributed by atoms with Gasteiger partial charge in [-0.15, -0.1) is 4.99 Å². The van der Waals surface area contributed by atoms with Crippen molar-refractivity contribution in [2.45, 2.75) is 78.8 Å². The molecule has 15 nitrogen and oxygen atoms in total. The van der Waals surface area contributed by atoms with Crippen LogP contribution in [0.3, 0.4) is 0 Å². The van der Waals surface area contributed by atoms with Crippen LogP contribution < -0.4 is 36.0 Å². The van der Waals surface area contributed by atoms with Gasteiger partial charge in [0, 0.05) is 31.6 Å². The predicted octanol–water partition coefficient (Wildman–Crippen LogP) is 6.77. The molecule has 0 fully saturated rings. The first kappa shape index (κ1) is 40.0. The van der Waals surface area contributed by atoms with Gasteiger partial charge in [0.1, 0.15) is 28.5 Å². The largest absolute Gasteiger partial charge is 0.447 e. The van der Waals surface area contributed by atoms with Gasteiger partial charge in [-0.3, -0.25) is 9.59 Å². The highest BCUT2D eigenvalue weighted by atomic mass is 31.2. The summed E-state index contributed by atoms with van der Waals surface area (Å²) in [5.74, 6) is -1.89.